The Labute approximate surface area is 102 Å². The van der Waals surface area contributed by atoms with Gasteiger partial charge >= 0.3 is 0 Å². The molecule has 0 aromatic heterocycles. The monoisotopic (exact) mass is 234 g/mol. The summed E-state index contributed by atoms with van der Waals surface area (Å²) in [6.45, 7) is 7.62. The highest BCUT2D eigenvalue weighted by Crippen LogP contribution is 2.40. The fourth-order valence-electron chi connectivity index (χ4n) is 2.24. The van der Waals surface area contributed by atoms with Crippen LogP contribution in [0, 0.1) is 0 Å². The molecule has 17 heavy (non-hydrogen) atoms. The van der Waals surface area contributed by atoms with Crippen molar-refractivity contribution in [1.29, 1.82) is 0 Å². The minimum atomic E-state index is -0.563. The van der Waals surface area contributed by atoms with E-state index in [4.69, 9.17) is 9.47 Å². The van der Waals surface area contributed by atoms with E-state index in [1.165, 1.54) is 0 Å². The molecule has 3 heteroatoms. The zero-order chi connectivity index (χ0) is 12.6. The van der Waals surface area contributed by atoms with Crippen LogP contribution in [0.15, 0.2) is 24.3 Å². The van der Waals surface area contributed by atoms with E-state index in [-0.39, 0.29) is 6.10 Å². The van der Waals surface area contributed by atoms with Crippen LogP contribution < -0.4 is 9.47 Å². The van der Waals surface area contributed by atoms with E-state index >= 15 is 0 Å². The predicted molar refractivity (Wildman–Crippen MR) is 66.6 cm³/mol. The molecule has 0 amide bonds. The van der Waals surface area contributed by atoms with Crippen molar-refractivity contribution in [2.45, 2.75) is 32.5 Å². The molecule has 0 bridgehead atoms. The summed E-state index contributed by atoms with van der Waals surface area (Å²) in [7, 11) is 1.61. The molecule has 3 nitrogen and oxygen atoms in total. The van der Waals surface area contributed by atoms with Gasteiger partial charge in [0.15, 0.2) is 0 Å². The van der Waals surface area contributed by atoms with Crippen LogP contribution in [0.25, 0.3) is 0 Å². The van der Waals surface area contributed by atoms with Gasteiger partial charge in [-0.3, -0.25) is 0 Å². The average Bonchev–Trinajstić information content (AvgIpc) is 2.70. The Morgan fingerprint density at radius 2 is 2.29 bits per heavy atom. The Morgan fingerprint density at radius 3 is 2.82 bits per heavy atom. The first-order valence-electron chi connectivity index (χ1n) is 5.74. The minimum Gasteiger partial charge on any atom is -0.496 e. The van der Waals surface area contributed by atoms with E-state index in [9.17, 15) is 5.11 Å². The summed E-state index contributed by atoms with van der Waals surface area (Å²) in [5.41, 5.74) is 2.86. The molecule has 2 atom stereocenters. The number of aliphatic hydroxyl groups is 1. The lowest BCUT2D eigenvalue weighted by atomic mass is 9.97. The van der Waals surface area contributed by atoms with Gasteiger partial charge in [-0.15, -0.1) is 0 Å². The van der Waals surface area contributed by atoms with Crippen LogP contribution in [0.3, 0.4) is 0 Å². The van der Waals surface area contributed by atoms with Gasteiger partial charge in [0.2, 0.25) is 0 Å². The van der Waals surface area contributed by atoms with Crippen LogP contribution >= 0.6 is 0 Å². The van der Waals surface area contributed by atoms with Gasteiger partial charge in [-0.25, -0.2) is 0 Å². The minimum absolute atomic E-state index is 0.00889. The molecule has 1 aliphatic rings. The average molecular weight is 234 g/mol. The smallest absolute Gasteiger partial charge is 0.125 e. The van der Waals surface area contributed by atoms with Gasteiger partial charge in [-0.2, -0.15) is 0 Å². The zero-order valence-electron chi connectivity index (χ0n) is 10.5. The topological polar surface area (TPSA) is 38.7 Å². The summed E-state index contributed by atoms with van der Waals surface area (Å²) >= 11 is 0. The fraction of sp³-hybridized carbons (Fsp3) is 0.429. The highest BCUT2D eigenvalue weighted by Gasteiger charge is 2.29. The summed E-state index contributed by atoms with van der Waals surface area (Å²) in [5, 5.41) is 9.87. The molecule has 2 rings (SSSR count). The van der Waals surface area contributed by atoms with Crippen molar-refractivity contribution >= 4 is 0 Å². The van der Waals surface area contributed by atoms with Gasteiger partial charge < -0.3 is 14.6 Å². The van der Waals surface area contributed by atoms with Crippen molar-refractivity contribution in [3.8, 4) is 11.5 Å². The number of hydrogen-bond donors (Lipinski definition) is 1. The van der Waals surface area contributed by atoms with Crippen molar-refractivity contribution in [1.82, 2.24) is 0 Å². The molecule has 0 radical (unpaired) electrons. The van der Waals surface area contributed by atoms with E-state index in [0.29, 0.717) is 5.75 Å². The summed E-state index contributed by atoms with van der Waals surface area (Å²) in [4.78, 5) is 0. The first-order valence-corrected chi connectivity index (χ1v) is 5.74. The lowest BCUT2D eigenvalue weighted by Gasteiger charge is -2.14. The van der Waals surface area contributed by atoms with E-state index in [0.717, 1.165) is 28.9 Å². The fourth-order valence-corrected chi connectivity index (χ4v) is 2.24. The number of benzene rings is 1. The maximum absolute atomic E-state index is 9.87. The van der Waals surface area contributed by atoms with Crippen LogP contribution in [0.5, 0.6) is 11.5 Å². The normalized spacial score (nSPS) is 19.4. The molecule has 1 N–H and O–H groups in total. The van der Waals surface area contributed by atoms with E-state index < -0.39 is 6.10 Å². The van der Waals surface area contributed by atoms with Crippen LogP contribution in [-0.2, 0) is 6.42 Å². The number of hydrogen-bond acceptors (Lipinski definition) is 3. The first kappa shape index (κ1) is 12.0. The van der Waals surface area contributed by atoms with Gasteiger partial charge in [-0.05, 0) is 31.6 Å². The Morgan fingerprint density at radius 1 is 1.59 bits per heavy atom. The largest absolute Gasteiger partial charge is 0.496 e. The third-order valence-electron chi connectivity index (χ3n) is 3.12. The molecule has 0 saturated carbocycles. The second-order valence-corrected chi connectivity index (χ2v) is 4.49. The van der Waals surface area contributed by atoms with E-state index in [1.807, 2.05) is 19.1 Å². The van der Waals surface area contributed by atoms with Crippen molar-refractivity contribution in [2.24, 2.45) is 0 Å². The molecule has 92 valence electrons. The van der Waals surface area contributed by atoms with Gasteiger partial charge in [0.1, 0.15) is 17.6 Å². The quantitative estimate of drug-likeness (QED) is 0.817. The van der Waals surface area contributed by atoms with Gasteiger partial charge in [0.25, 0.3) is 0 Å². The van der Waals surface area contributed by atoms with Crippen molar-refractivity contribution in [3.63, 3.8) is 0 Å². The predicted octanol–water partition coefficient (Wildman–Crippen LogP) is 2.63. The molecule has 0 spiro atoms. The summed E-state index contributed by atoms with van der Waals surface area (Å²) < 4.78 is 11.1. The molecule has 1 heterocycles. The number of ether oxygens (including phenoxy) is 2. The zero-order valence-corrected chi connectivity index (χ0v) is 10.5. The molecule has 1 aliphatic heterocycles. The molecular formula is C14H18O3. The number of methoxy groups -OCH3 is 1. The standard InChI is InChI=1S/C14H18O3/c1-8(2)13-7-10-11(17-13)5-6-12(16-4)14(10)9(3)15/h5-6,9,13,15H,1,7H2,2-4H3/t9-,13+/m1/s1. The number of rotatable bonds is 3. The lowest BCUT2D eigenvalue weighted by molar-refractivity contribution is 0.193. The Bertz CT molecular complexity index is 449. The third-order valence-corrected chi connectivity index (χ3v) is 3.12. The maximum Gasteiger partial charge on any atom is 0.125 e. The highest BCUT2D eigenvalue weighted by atomic mass is 16.5. The Kier molecular flexibility index (Phi) is 3.11. The van der Waals surface area contributed by atoms with Crippen LogP contribution in [0.2, 0.25) is 0 Å². The second kappa shape index (κ2) is 4.41. The summed E-state index contributed by atoms with van der Waals surface area (Å²) in [5.74, 6) is 1.54. The SMILES string of the molecule is C=C(C)[C@@H]1Cc2c(ccc(OC)c2[C@@H](C)O)O1. The van der Waals surface area contributed by atoms with Gasteiger partial charge in [0, 0.05) is 17.5 Å². The summed E-state index contributed by atoms with van der Waals surface area (Å²) in [6, 6.07) is 3.73. The Balaban J connectivity index is 2.47. The highest BCUT2D eigenvalue weighted by molar-refractivity contribution is 5.52. The first-order chi connectivity index (χ1) is 8.04. The number of fused-ring (bicyclic) bond motifs is 1. The molecular weight excluding hydrogens is 216 g/mol. The lowest BCUT2D eigenvalue weighted by Crippen LogP contribution is -2.13. The maximum atomic E-state index is 9.87. The molecule has 1 aromatic carbocycles. The van der Waals surface area contributed by atoms with E-state index in [1.54, 1.807) is 14.0 Å². The van der Waals surface area contributed by atoms with Crippen molar-refractivity contribution < 1.29 is 14.6 Å². The number of aliphatic hydroxyl groups excluding tert-OH is 1. The Hall–Kier alpha value is -1.48. The van der Waals surface area contributed by atoms with Crippen LogP contribution in [0.4, 0.5) is 0 Å². The molecule has 0 aliphatic carbocycles. The third kappa shape index (κ3) is 2.03. The van der Waals surface area contributed by atoms with E-state index in [2.05, 4.69) is 6.58 Å². The van der Waals surface area contributed by atoms with Crippen molar-refractivity contribution in [3.05, 3.63) is 35.4 Å². The molecule has 0 unspecified atom stereocenters. The molecule has 0 fully saturated rings. The van der Waals surface area contributed by atoms with Gasteiger partial charge in [0.05, 0.1) is 13.2 Å². The second-order valence-electron chi connectivity index (χ2n) is 4.49. The van der Waals surface area contributed by atoms with Crippen LogP contribution in [0.1, 0.15) is 31.1 Å². The van der Waals surface area contributed by atoms with Gasteiger partial charge in [-0.1, -0.05) is 6.58 Å². The van der Waals surface area contributed by atoms with Crippen molar-refractivity contribution in [2.75, 3.05) is 7.11 Å². The summed E-state index contributed by atoms with van der Waals surface area (Å²) in [6.07, 6.45) is 0.198. The molecule has 0 saturated heterocycles. The molecule has 1 aromatic rings. The van der Waals surface area contributed by atoms with Crippen LogP contribution in [-0.4, -0.2) is 18.3 Å².